The molecule has 0 aliphatic carbocycles. The zero-order valence-electron chi connectivity index (χ0n) is 21.2. The lowest BCUT2D eigenvalue weighted by Crippen LogP contribution is -2.54. The van der Waals surface area contributed by atoms with Crippen LogP contribution in [0.3, 0.4) is 0 Å². The number of hydrogen-bond acceptors (Lipinski definition) is 9. The Morgan fingerprint density at radius 2 is 0.422 bits per heavy atom. The molecule has 0 saturated heterocycles. The maximum absolute atomic E-state index is 12.7. The highest BCUT2D eigenvalue weighted by atomic mass is 31.2. The van der Waals surface area contributed by atoms with Crippen molar-refractivity contribution in [2.45, 2.75) is 39.6 Å². The zero-order valence-corrected chi connectivity index (χ0v) is 29.3. The van der Waals surface area contributed by atoms with Crippen molar-refractivity contribution in [2.24, 2.45) is 0 Å². The van der Waals surface area contributed by atoms with Crippen molar-refractivity contribution in [1.82, 2.24) is 0 Å². The molecule has 0 radical (unpaired) electrons. The first-order valence-electron chi connectivity index (χ1n) is 10.5. The van der Waals surface area contributed by atoms with Crippen molar-refractivity contribution in [1.29, 1.82) is 0 Å². The van der Waals surface area contributed by atoms with E-state index >= 15 is 0 Å². The summed E-state index contributed by atoms with van der Waals surface area (Å²) >= 11 is 0. The summed E-state index contributed by atoms with van der Waals surface area (Å²) in [6, 6.07) is 0. The minimum atomic E-state index is -7.18. The Balaban J connectivity index is 8.74. The van der Waals surface area contributed by atoms with Crippen molar-refractivity contribution in [3.05, 3.63) is 0 Å². The van der Waals surface area contributed by atoms with Crippen LogP contribution in [0.25, 0.3) is 0 Å². The Kier molecular flexibility index (Phi) is 15.0. The van der Waals surface area contributed by atoms with E-state index in [4.69, 9.17) is 0 Å². The standard InChI is InChI=1S/C9H29O27P9/c10-37(11,12)1-3(39(16,17)18)5(41(22,23)24)7(43(28,29)30)9(45(34,35)36)8(44(31,32)33)6(42(25,26)27)4(40(19,20)21)2-38(13,14)15/h3-9H,1-2H2,(H2,10,11,12)(H2,13,14,15)(H2,16,17,18)(H2,19,20,21)(H2,22,23,24)(H2,25,26,27)(H2,28,29,30)(H2,31,32,33)(H2,34,35,36). The zero-order chi connectivity index (χ0) is 37.0. The van der Waals surface area contributed by atoms with Gasteiger partial charge in [-0.1, -0.05) is 0 Å². The molecule has 0 aromatic rings. The SMILES string of the molecule is O=P(O)(O)CC(C(C(C(C(C(C(CP(=O)(O)O)P(=O)(O)O)P(=O)(O)O)P(=O)(O)O)P(=O)(O)O)P(=O)(O)O)P(=O)(O)O)P(=O)(O)O. The summed E-state index contributed by atoms with van der Waals surface area (Å²) in [5.41, 5.74) is -29.3. The number of rotatable bonds is 17. The molecule has 0 aromatic heterocycles. The van der Waals surface area contributed by atoms with Crippen LogP contribution < -0.4 is 0 Å². The predicted octanol–water partition coefficient (Wildman–Crippen LogP) is -3.83. The second-order valence-corrected chi connectivity index (χ2v) is 25.4. The molecule has 0 aromatic carbocycles. The first-order valence-corrected chi connectivity index (χ1v) is 25.9. The molecule has 272 valence electrons. The Bertz CT molecular complexity index is 1390. The van der Waals surface area contributed by atoms with E-state index in [1.807, 2.05) is 0 Å². The molecule has 0 fully saturated rings. The summed E-state index contributed by atoms with van der Waals surface area (Å²) in [6.07, 6.45) is -4.99. The van der Waals surface area contributed by atoms with Crippen molar-refractivity contribution < 1.29 is 129 Å². The fraction of sp³-hybridized carbons (Fsp3) is 1.00. The van der Waals surface area contributed by atoms with Crippen molar-refractivity contribution in [2.75, 3.05) is 12.3 Å². The average Bonchev–Trinajstić information content (AvgIpc) is 2.62. The highest BCUT2D eigenvalue weighted by molar-refractivity contribution is 7.64. The van der Waals surface area contributed by atoms with Crippen LogP contribution in [-0.4, -0.2) is 140 Å². The van der Waals surface area contributed by atoms with Crippen LogP contribution >= 0.6 is 68.4 Å². The van der Waals surface area contributed by atoms with E-state index in [0.29, 0.717) is 0 Å². The minimum Gasteiger partial charge on any atom is -0.324 e. The molecule has 0 spiro atoms. The van der Waals surface area contributed by atoms with Gasteiger partial charge in [0.2, 0.25) is 0 Å². The van der Waals surface area contributed by atoms with Crippen molar-refractivity contribution in [3.8, 4) is 0 Å². The third kappa shape index (κ3) is 14.2. The smallest absolute Gasteiger partial charge is 0.324 e. The first-order chi connectivity index (χ1) is 19.0. The van der Waals surface area contributed by atoms with Gasteiger partial charge in [0.05, 0.1) is 51.9 Å². The fourth-order valence-electron chi connectivity index (χ4n) is 4.42. The maximum Gasteiger partial charge on any atom is 0.330 e. The van der Waals surface area contributed by atoms with Crippen LogP contribution in [0.2, 0.25) is 0 Å². The average molecular weight is 848 g/mol. The third-order valence-corrected chi connectivity index (χ3v) is 19.5. The Hall–Kier alpha value is 1.35. The molecule has 6 atom stereocenters. The maximum atomic E-state index is 12.7. The lowest BCUT2D eigenvalue weighted by Gasteiger charge is -2.44. The molecule has 36 heteroatoms. The van der Waals surface area contributed by atoms with Crippen LogP contribution in [0.5, 0.6) is 0 Å². The molecular weight excluding hydrogens is 819 g/mol. The van der Waals surface area contributed by atoms with E-state index < -0.39 is 120 Å². The van der Waals surface area contributed by atoms with Gasteiger partial charge in [0.25, 0.3) is 0 Å². The largest absolute Gasteiger partial charge is 0.330 e. The van der Waals surface area contributed by atoms with E-state index in [2.05, 4.69) is 0 Å². The van der Waals surface area contributed by atoms with E-state index in [0.717, 1.165) is 0 Å². The summed E-state index contributed by atoms with van der Waals surface area (Å²) in [4.78, 5) is 175. The van der Waals surface area contributed by atoms with Gasteiger partial charge in [-0.15, -0.1) is 0 Å². The Labute approximate surface area is 249 Å². The summed E-state index contributed by atoms with van der Waals surface area (Å²) in [7, 11) is -60.5. The molecule has 0 heterocycles. The molecule has 45 heavy (non-hydrogen) atoms. The molecule has 27 nitrogen and oxygen atoms in total. The van der Waals surface area contributed by atoms with E-state index in [9.17, 15) is 129 Å². The molecule has 0 saturated carbocycles. The molecule has 0 amide bonds. The molecule has 0 aliphatic heterocycles. The minimum absolute atomic E-state index is 2.50. The van der Waals surface area contributed by atoms with Gasteiger partial charge in [-0.05, 0) is 0 Å². The van der Waals surface area contributed by atoms with Gasteiger partial charge < -0.3 is 88.1 Å². The van der Waals surface area contributed by atoms with Crippen molar-refractivity contribution in [3.63, 3.8) is 0 Å². The molecule has 18 N–H and O–H groups in total. The van der Waals surface area contributed by atoms with E-state index in [-0.39, 0.29) is 0 Å². The third-order valence-electron chi connectivity index (χ3n) is 5.84. The molecular formula is C9H29O27P9. The highest BCUT2D eigenvalue weighted by Gasteiger charge is 2.69. The Morgan fingerprint density at radius 1 is 0.267 bits per heavy atom. The van der Waals surface area contributed by atoms with E-state index in [1.54, 1.807) is 0 Å². The number of hydrogen-bond donors (Lipinski definition) is 18. The van der Waals surface area contributed by atoms with Gasteiger partial charge in [-0.3, -0.25) is 41.1 Å². The summed E-state index contributed by atoms with van der Waals surface area (Å²) in [5.74, 6) is 0. The lowest BCUT2D eigenvalue weighted by molar-refractivity contribution is 0.274. The van der Waals surface area contributed by atoms with Gasteiger partial charge in [0.15, 0.2) is 0 Å². The second-order valence-electron chi connectivity index (χ2n) is 9.41. The van der Waals surface area contributed by atoms with Gasteiger partial charge in [-0.2, -0.15) is 0 Å². The van der Waals surface area contributed by atoms with Gasteiger partial charge in [0, 0.05) is 0 Å². The lowest BCUT2D eigenvalue weighted by atomic mass is 10.1. The summed E-state index contributed by atoms with van der Waals surface area (Å²) in [6.45, 7) is 0. The highest BCUT2D eigenvalue weighted by Crippen LogP contribution is 2.73. The van der Waals surface area contributed by atoms with E-state index in [1.165, 1.54) is 0 Å². The second kappa shape index (κ2) is 14.5. The van der Waals surface area contributed by atoms with Gasteiger partial charge in [-0.25, -0.2) is 0 Å². The quantitative estimate of drug-likeness (QED) is 0.0623. The summed E-state index contributed by atoms with van der Waals surface area (Å²) in [5, 5.41) is 0. The fourth-order valence-corrected chi connectivity index (χ4v) is 23.1. The molecule has 0 aliphatic rings. The van der Waals surface area contributed by atoms with Crippen LogP contribution in [-0.2, 0) is 41.1 Å². The predicted molar refractivity (Wildman–Crippen MR) is 145 cm³/mol. The molecule has 0 bridgehead atoms. The first kappa shape index (κ1) is 46.4. The van der Waals surface area contributed by atoms with Crippen LogP contribution in [0.15, 0.2) is 0 Å². The van der Waals surface area contributed by atoms with Crippen molar-refractivity contribution >= 4 is 68.4 Å². The van der Waals surface area contributed by atoms with Crippen LogP contribution in [0.4, 0.5) is 0 Å². The topological polar surface area (TPSA) is 518 Å². The monoisotopic (exact) mass is 848 g/mol. The molecule has 0 rings (SSSR count). The Morgan fingerprint density at radius 3 is 0.533 bits per heavy atom. The van der Waals surface area contributed by atoms with Crippen LogP contribution in [0.1, 0.15) is 0 Å². The van der Waals surface area contributed by atoms with Crippen LogP contribution in [0, 0.1) is 0 Å². The molecule has 6 unspecified atom stereocenters. The summed E-state index contributed by atoms with van der Waals surface area (Å²) < 4.78 is 110. The normalized spacial score (nSPS) is 20.1. The van der Waals surface area contributed by atoms with Gasteiger partial charge in [0.1, 0.15) is 0 Å². The van der Waals surface area contributed by atoms with Gasteiger partial charge >= 0.3 is 68.4 Å².